The lowest BCUT2D eigenvalue weighted by molar-refractivity contribution is 0.0393. The number of anilines is 1. The second-order valence-corrected chi connectivity index (χ2v) is 11.7. The van der Waals surface area contributed by atoms with Crippen molar-refractivity contribution >= 4 is 21.7 Å². The van der Waals surface area contributed by atoms with Crippen LogP contribution in [0, 0.1) is 5.41 Å². The average molecular weight is 473 g/mol. The zero-order chi connectivity index (χ0) is 23.9. The molecule has 1 N–H and O–H groups in total. The molecule has 0 bridgehead atoms. The van der Waals surface area contributed by atoms with E-state index in [4.69, 9.17) is 4.74 Å². The molecule has 0 aromatic heterocycles. The Morgan fingerprint density at radius 3 is 2.27 bits per heavy atom. The first kappa shape index (κ1) is 23.6. The molecule has 2 aromatic carbocycles. The van der Waals surface area contributed by atoms with Crippen LogP contribution in [0.15, 0.2) is 53.4 Å². The van der Waals surface area contributed by atoms with Gasteiger partial charge in [-0.2, -0.15) is 4.31 Å². The number of aromatic carboxylic acids is 1. The SMILES string of the molecule is COc1ccc(N2CCC3(CC2)CCC(C)(C)N(S(=O)(=O)c2ccccc2)C3)cc1C(=O)O. The molecule has 1 spiro atoms. The lowest BCUT2D eigenvalue weighted by Gasteiger charge is -2.53. The maximum absolute atomic E-state index is 13.5. The molecule has 4 rings (SSSR count). The molecule has 2 aliphatic rings. The number of carbonyl (C=O) groups is 1. The van der Waals surface area contributed by atoms with E-state index < -0.39 is 21.5 Å². The summed E-state index contributed by atoms with van der Waals surface area (Å²) in [7, 11) is -2.13. The average Bonchev–Trinajstić information content (AvgIpc) is 2.81. The normalized spacial score (nSPS) is 20.5. The lowest BCUT2D eigenvalue weighted by atomic mass is 9.69. The van der Waals surface area contributed by atoms with E-state index in [1.807, 2.05) is 26.0 Å². The van der Waals surface area contributed by atoms with Gasteiger partial charge in [-0.15, -0.1) is 0 Å². The molecule has 0 atom stereocenters. The van der Waals surface area contributed by atoms with Gasteiger partial charge in [0, 0.05) is 30.9 Å². The summed E-state index contributed by atoms with van der Waals surface area (Å²) >= 11 is 0. The summed E-state index contributed by atoms with van der Waals surface area (Å²) in [6, 6.07) is 13.9. The summed E-state index contributed by atoms with van der Waals surface area (Å²) in [6.45, 7) is 6.05. The minimum atomic E-state index is -3.59. The third kappa shape index (κ3) is 4.46. The van der Waals surface area contributed by atoms with Gasteiger partial charge in [0.25, 0.3) is 0 Å². The summed E-state index contributed by atoms with van der Waals surface area (Å²) in [4.78, 5) is 14.1. The van der Waals surface area contributed by atoms with Crippen molar-refractivity contribution in [3.8, 4) is 5.75 Å². The summed E-state index contributed by atoms with van der Waals surface area (Å²) in [6.07, 6.45) is 3.51. The monoisotopic (exact) mass is 472 g/mol. The Hall–Kier alpha value is -2.58. The first-order valence-electron chi connectivity index (χ1n) is 11.3. The number of piperidine rings is 2. The van der Waals surface area contributed by atoms with Gasteiger partial charge in [0.15, 0.2) is 0 Å². The molecule has 2 fully saturated rings. The van der Waals surface area contributed by atoms with Crippen molar-refractivity contribution in [2.45, 2.75) is 50.0 Å². The Kier molecular flexibility index (Phi) is 6.18. The predicted molar refractivity (Wildman–Crippen MR) is 127 cm³/mol. The van der Waals surface area contributed by atoms with Crippen LogP contribution in [0.2, 0.25) is 0 Å². The Morgan fingerprint density at radius 2 is 1.67 bits per heavy atom. The summed E-state index contributed by atoms with van der Waals surface area (Å²) in [5.41, 5.74) is 0.488. The van der Waals surface area contributed by atoms with E-state index in [2.05, 4.69) is 4.90 Å². The fraction of sp³-hybridized carbons (Fsp3) is 0.480. The van der Waals surface area contributed by atoms with Gasteiger partial charge >= 0.3 is 5.97 Å². The maximum Gasteiger partial charge on any atom is 0.339 e. The van der Waals surface area contributed by atoms with Crippen LogP contribution in [0.4, 0.5) is 5.69 Å². The van der Waals surface area contributed by atoms with Crippen molar-refractivity contribution < 1.29 is 23.1 Å². The van der Waals surface area contributed by atoms with E-state index in [-0.39, 0.29) is 11.0 Å². The minimum Gasteiger partial charge on any atom is -0.496 e. The Labute approximate surface area is 196 Å². The Bertz CT molecular complexity index is 1120. The van der Waals surface area contributed by atoms with Gasteiger partial charge in [-0.1, -0.05) is 18.2 Å². The molecule has 2 heterocycles. The highest BCUT2D eigenvalue weighted by Crippen LogP contribution is 2.47. The first-order valence-corrected chi connectivity index (χ1v) is 12.8. The van der Waals surface area contributed by atoms with Crippen LogP contribution in [0.5, 0.6) is 5.75 Å². The topological polar surface area (TPSA) is 87.2 Å². The summed E-state index contributed by atoms with van der Waals surface area (Å²) in [5, 5.41) is 9.51. The van der Waals surface area contributed by atoms with Crippen molar-refractivity contribution in [2.75, 3.05) is 31.6 Å². The predicted octanol–water partition coefficient (Wildman–Crippen LogP) is 4.24. The summed E-state index contributed by atoms with van der Waals surface area (Å²) in [5.74, 6) is -0.672. The van der Waals surface area contributed by atoms with E-state index in [1.54, 1.807) is 40.7 Å². The van der Waals surface area contributed by atoms with E-state index in [1.165, 1.54) is 7.11 Å². The van der Waals surface area contributed by atoms with E-state index in [0.29, 0.717) is 17.2 Å². The maximum atomic E-state index is 13.5. The molecule has 178 valence electrons. The molecular weight excluding hydrogens is 440 g/mol. The zero-order valence-electron chi connectivity index (χ0n) is 19.5. The second-order valence-electron chi connectivity index (χ2n) is 9.81. The van der Waals surface area contributed by atoms with Gasteiger partial charge < -0.3 is 14.7 Å². The van der Waals surface area contributed by atoms with Crippen molar-refractivity contribution in [3.63, 3.8) is 0 Å². The van der Waals surface area contributed by atoms with Crippen molar-refractivity contribution in [2.24, 2.45) is 5.41 Å². The Morgan fingerprint density at radius 1 is 1.00 bits per heavy atom. The van der Waals surface area contributed by atoms with Crippen LogP contribution in [0.25, 0.3) is 0 Å². The largest absolute Gasteiger partial charge is 0.496 e. The molecule has 8 heteroatoms. The highest BCUT2D eigenvalue weighted by atomic mass is 32.2. The van der Waals surface area contributed by atoms with Crippen molar-refractivity contribution in [1.82, 2.24) is 4.31 Å². The number of methoxy groups -OCH3 is 1. The number of sulfonamides is 1. The van der Waals surface area contributed by atoms with Gasteiger partial charge in [-0.3, -0.25) is 0 Å². The third-order valence-corrected chi connectivity index (χ3v) is 9.43. The third-order valence-electron chi connectivity index (χ3n) is 7.36. The number of rotatable bonds is 5. The molecule has 7 nitrogen and oxygen atoms in total. The highest BCUT2D eigenvalue weighted by Gasteiger charge is 2.49. The van der Waals surface area contributed by atoms with Crippen LogP contribution in [-0.2, 0) is 10.0 Å². The molecule has 0 aliphatic carbocycles. The first-order chi connectivity index (χ1) is 15.6. The molecule has 0 amide bonds. The zero-order valence-corrected chi connectivity index (χ0v) is 20.3. The number of benzene rings is 2. The van der Waals surface area contributed by atoms with Gasteiger partial charge in [-0.25, -0.2) is 13.2 Å². The van der Waals surface area contributed by atoms with Gasteiger partial charge in [0.05, 0.1) is 12.0 Å². The minimum absolute atomic E-state index is 0.0734. The van der Waals surface area contributed by atoms with Crippen molar-refractivity contribution in [3.05, 3.63) is 54.1 Å². The number of ether oxygens (including phenoxy) is 1. The van der Waals surface area contributed by atoms with Crippen LogP contribution in [0.1, 0.15) is 49.9 Å². The molecule has 0 saturated carbocycles. The number of carboxylic acid groups (broad SMARTS) is 1. The van der Waals surface area contributed by atoms with E-state index in [0.717, 1.165) is 44.5 Å². The van der Waals surface area contributed by atoms with Crippen LogP contribution in [-0.4, -0.2) is 56.1 Å². The van der Waals surface area contributed by atoms with Crippen LogP contribution >= 0.6 is 0 Å². The smallest absolute Gasteiger partial charge is 0.339 e. The molecule has 0 unspecified atom stereocenters. The number of nitrogens with zero attached hydrogens (tertiary/aromatic N) is 2. The molecule has 0 radical (unpaired) electrons. The number of hydrogen-bond acceptors (Lipinski definition) is 5. The van der Waals surface area contributed by atoms with Gasteiger partial charge in [-0.05, 0) is 75.3 Å². The molecule has 2 saturated heterocycles. The fourth-order valence-electron chi connectivity index (χ4n) is 5.13. The number of carboxylic acids is 1. The van der Waals surface area contributed by atoms with Crippen molar-refractivity contribution in [1.29, 1.82) is 0 Å². The number of hydrogen-bond donors (Lipinski definition) is 1. The van der Waals surface area contributed by atoms with Gasteiger partial charge in [0.1, 0.15) is 11.3 Å². The highest BCUT2D eigenvalue weighted by molar-refractivity contribution is 7.89. The molecular formula is C25H32N2O5S. The van der Waals surface area contributed by atoms with E-state index in [9.17, 15) is 18.3 Å². The van der Waals surface area contributed by atoms with Gasteiger partial charge in [0.2, 0.25) is 10.0 Å². The van der Waals surface area contributed by atoms with Crippen LogP contribution in [0.3, 0.4) is 0 Å². The molecule has 2 aliphatic heterocycles. The standard InChI is InChI=1S/C25H32N2O5S/c1-24(2)11-12-25(18-27(24)33(30,31)20-7-5-4-6-8-20)13-15-26(16-14-25)19-9-10-22(32-3)21(17-19)23(28)29/h4-10,17H,11-16,18H2,1-3H3,(H,28,29). The fourth-order valence-corrected chi connectivity index (χ4v) is 7.07. The van der Waals surface area contributed by atoms with E-state index >= 15 is 0 Å². The lowest BCUT2D eigenvalue weighted by Crippen LogP contribution is -2.58. The van der Waals surface area contributed by atoms with Crippen LogP contribution < -0.4 is 9.64 Å². The quantitative estimate of drug-likeness (QED) is 0.700. The molecule has 33 heavy (non-hydrogen) atoms. The molecule has 2 aromatic rings. The Balaban J connectivity index is 1.54. The second kappa shape index (κ2) is 8.65. The summed E-state index contributed by atoms with van der Waals surface area (Å²) < 4.78 is 33.9.